The molecule has 2 aromatic carbocycles. The third-order valence-electron chi connectivity index (χ3n) is 4.79. The quantitative estimate of drug-likeness (QED) is 0.877. The summed E-state index contributed by atoms with van der Waals surface area (Å²) in [4.78, 5) is 12.4. The van der Waals surface area contributed by atoms with Gasteiger partial charge in [-0.15, -0.1) is 0 Å². The molecule has 0 saturated heterocycles. The summed E-state index contributed by atoms with van der Waals surface area (Å²) in [5, 5.41) is 2.70. The van der Waals surface area contributed by atoms with Crippen molar-refractivity contribution in [3.8, 4) is 11.1 Å². The summed E-state index contributed by atoms with van der Waals surface area (Å²) < 4.78 is 27.9. The van der Waals surface area contributed by atoms with Crippen molar-refractivity contribution in [1.82, 2.24) is 0 Å². The van der Waals surface area contributed by atoms with Crippen LogP contribution in [-0.2, 0) is 4.79 Å². The van der Waals surface area contributed by atoms with Crippen LogP contribution < -0.4 is 5.32 Å². The van der Waals surface area contributed by atoms with Crippen LogP contribution in [0.1, 0.15) is 19.3 Å². The van der Waals surface area contributed by atoms with Gasteiger partial charge in [0.1, 0.15) is 11.6 Å². The Balaban J connectivity index is 1.63. The van der Waals surface area contributed by atoms with Crippen LogP contribution in [-0.4, -0.2) is 5.91 Å². The number of carbonyl (C=O) groups is 1. The molecule has 0 unspecified atom stereocenters. The molecule has 2 saturated carbocycles. The first-order valence-corrected chi connectivity index (χ1v) is 7.99. The molecule has 2 aliphatic carbocycles. The Hall–Kier alpha value is -2.23. The van der Waals surface area contributed by atoms with Gasteiger partial charge in [0, 0.05) is 17.5 Å². The maximum atomic E-state index is 14.3. The molecule has 1 amide bonds. The summed E-state index contributed by atoms with van der Waals surface area (Å²) in [5.74, 6) is -0.418. The first-order valence-electron chi connectivity index (χ1n) is 7.99. The van der Waals surface area contributed by atoms with Crippen molar-refractivity contribution in [2.45, 2.75) is 19.3 Å². The number of benzene rings is 2. The van der Waals surface area contributed by atoms with E-state index in [1.165, 1.54) is 18.9 Å². The third-order valence-corrected chi connectivity index (χ3v) is 4.79. The van der Waals surface area contributed by atoms with Crippen LogP contribution in [0.5, 0.6) is 0 Å². The molecule has 118 valence electrons. The Labute approximate surface area is 133 Å². The van der Waals surface area contributed by atoms with Crippen molar-refractivity contribution in [3.05, 3.63) is 54.1 Å². The predicted octanol–water partition coefficient (Wildman–Crippen LogP) is 4.62. The molecule has 2 nitrogen and oxygen atoms in total. The third kappa shape index (κ3) is 2.85. The number of anilines is 1. The van der Waals surface area contributed by atoms with Crippen LogP contribution >= 0.6 is 0 Å². The Morgan fingerprint density at radius 2 is 1.83 bits per heavy atom. The molecule has 0 spiro atoms. The van der Waals surface area contributed by atoms with E-state index in [2.05, 4.69) is 5.32 Å². The highest BCUT2D eigenvalue weighted by atomic mass is 19.1. The lowest BCUT2D eigenvalue weighted by atomic mass is 10.0. The van der Waals surface area contributed by atoms with Crippen LogP contribution in [0, 0.1) is 29.4 Å². The minimum atomic E-state index is -0.735. The van der Waals surface area contributed by atoms with E-state index in [1.54, 1.807) is 24.3 Å². The van der Waals surface area contributed by atoms with Gasteiger partial charge in [0.25, 0.3) is 0 Å². The molecule has 4 rings (SSSR count). The van der Waals surface area contributed by atoms with Crippen molar-refractivity contribution in [2.24, 2.45) is 17.8 Å². The number of halogens is 2. The maximum Gasteiger partial charge on any atom is 0.227 e. The van der Waals surface area contributed by atoms with Gasteiger partial charge in [-0.05, 0) is 42.7 Å². The second-order valence-corrected chi connectivity index (χ2v) is 6.51. The minimum Gasteiger partial charge on any atom is -0.323 e. The van der Waals surface area contributed by atoms with E-state index in [0.717, 1.165) is 12.5 Å². The van der Waals surface area contributed by atoms with Gasteiger partial charge in [0.15, 0.2) is 0 Å². The Kier molecular flexibility index (Phi) is 3.40. The van der Waals surface area contributed by atoms with Crippen molar-refractivity contribution in [3.63, 3.8) is 0 Å². The highest BCUT2D eigenvalue weighted by Crippen LogP contribution is 2.54. The van der Waals surface area contributed by atoms with E-state index in [1.807, 2.05) is 6.07 Å². The zero-order chi connectivity index (χ0) is 16.0. The molecule has 2 fully saturated rings. The monoisotopic (exact) mass is 313 g/mol. The standard InChI is InChI=1S/C19H17F2NO/c20-13-8-15(11-4-2-1-3-5-11)18(17(21)9-13)22-19(23)16-10-14(16)12-6-7-12/h1-5,8-9,12,14,16H,6-7,10H2,(H,22,23)/t14-,16+/m1/s1. The van der Waals surface area contributed by atoms with Crippen molar-refractivity contribution in [1.29, 1.82) is 0 Å². The second-order valence-electron chi connectivity index (χ2n) is 6.51. The van der Waals surface area contributed by atoms with E-state index >= 15 is 0 Å². The van der Waals surface area contributed by atoms with E-state index in [9.17, 15) is 13.6 Å². The molecule has 0 bridgehead atoms. The Morgan fingerprint density at radius 1 is 1.09 bits per heavy atom. The lowest BCUT2D eigenvalue weighted by Crippen LogP contribution is -2.17. The average molecular weight is 313 g/mol. The number of amides is 1. The zero-order valence-electron chi connectivity index (χ0n) is 12.6. The van der Waals surface area contributed by atoms with Gasteiger partial charge < -0.3 is 5.32 Å². The molecule has 23 heavy (non-hydrogen) atoms. The first-order chi connectivity index (χ1) is 11.1. The lowest BCUT2D eigenvalue weighted by molar-refractivity contribution is -0.117. The van der Waals surface area contributed by atoms with Gasteiger partial charge in [-0.2, -0.15) is 0 Å². The molecule has 2 atom stereocenters. The lowest BCUT2D eigenvalue weighted by Gasteiger charge is -2.13. The summed E-state index contributed by atoms with van der Waals surface area (Å²) in [7, 11) is 0. The fraction of sp³-hybridized carbons (Fsp3) is 0.316. The smallest absolute Gasteiger partial charge is 0.227 e. The van der Waals surface area contributed by atoms with Gasteiger partial charge >= 0.3 is 0 Å². The van der Waals surface area contributed by atoms with Crippen molar-refractivity contribution < 1.29 is 13.6 Å². The van der Waals surface area contributed by atoms with Gasteiger partial charge in [0.2, 0.25) is 5.91 Å². The van der Waals surface area contributed by atoms with Crippen LogP contribution in [0.2, 0.25) is 0 Å². The van der Waals surface area contributed by atoms with Crippen LogP contribution in [0.3, 0.4) is 0 Å². The molecular weight excluding hydrogens is 296 g/mol. The normalized spacial score (nSPS) is 22.7. The fourth-order valence-electron chi connectivity index (χ4n) is 3.32. The number of carbonyl (C=O) groups excluding carboxylic acids is 1. The van der Waals surface area contributed by atoms with E-state index in [-0.39, 0.29) is 17.5 Å². The van der Waals surface area contributed by atoms with Gasteiger partial charge in [0.05, 0.1) is 5.69 Å². The van der Waals surface area contributed by atoms with E-state index in [0.29, 0.717) is 23.0 Å². The molecule has 0 aromatic heterocycles. The summed E-state index contributed by atoms with van der Waals surface area (Å²) in [6, 6.07) is 11.1. The summed E-state index contributed by atoms with van der Waals surface area (Å²) in [6.07, 6.45) is 3.29. The van der Waals surface area contributed by atoms with E-state index < -0.39 is 11.6 Å². The topological polar surface area (TPSA) is 29.1 Å². The zero-order valence-corrected chi connectivity index (χ0v) is 12.6. The molecule has 1 N–H and O–H groups in total. The summed E-state index contributed by atoms with van der Waals surface area (Å²) in [5.41, 5.74) is 1.12. The van der Waals surface area contributed by atoms with Crippen molar-refractivity contribution in [2.75, 3.05) is 5.32 Å². The molecule has 0 heterocycles. The largest absolute Gasteiger partial charge is 0.323 e. The minimum absolute atomic E-state index is 0.0180. The number of nitrogens with one attached hydrogen (secondary N) is 1. The highest BCUT2D eigenvalue weighted by Gasteiger charge is 2.51. The maximum absolute atomic E-state index is 14.3. The average Bonchev–Trinajstić information content (AvgIpc) is 3.41. The number of hydrogen-bond acceptors (Lipinski definition) is 1. The highest BCUT2D eigenvalue weighted by molar-refractivity contribution is 5.98. The molecule has 0 radical (unpaired) electrons. The van der Waals surface area contributed by atoms with Crippen LogP contribution in [0.15, 0.2) is 42.5 Å². The fourth-order valence-corrected chi connectivity index (χ4v) is 3.32. The first kappa shape index (κ1) is 14.4. The van der Waals surface area contributed by atoms with E-state index in [4.69, 9.17) is 0 Å². The Morgan fingerprint density at radius 3 is 2.52 bits per heavy atom. The molecule has 0 aliphatic heterocycles. The summed E-state index contributed by atoms with van der Waals surface area (Å²) in [6.45, 7) is 0. The van der Waals surface area contributed by atoms with Gasteiger partial charge in [-0.3, -0.25) is 4.79 Å². The van der Waals surface area contributed by atoms with Gasteiger partial charge in [-0.1, -0.05) is 30.3 Å². The Bertz CT molecular complexity index is 755. The second kappa shape index (κ2) is 5.44. The number of rotatable bonds is 4. The molecular formula is C19H17F2NO. The predicted molar refractivity (Wildman–Crippen MR) is 84.7 cm³/mol. The summed E-state index contributed by atoms with van der Waals surface area (Å²) >= 11 is 0. The molecule has 4 heteroatoms. The van der Waals surface area contributed by atoms with Gasteiger partial charge in [-0.25, -0.2) is 8.78 Å². The number of hydrogen-bond donors (Lipinski definition) is 1. The SMILES string of the molecule is O=C(Nc1c(F)cc(F)cc1-c1ccccc1)[C@H]1C[C@@H]1C1CC1. The van der Waals surface area contributed by atoms with Crippen LogP contribution in [0.25, 0.3) is 11.1 Å². The molecule has 2 aliphatic rings. The van der Waals surface area contributed by atoms with Crippen molar-refractivity contribution >= 4 is 11.6 Å². The van der Waals surface area contributed by atoms with Crippen LogP contribution in [0.4, 0.5) is 14.5 Å². The molecule has 2 aromatic rings.